The maximum absolute atomic E-state index is 13.3. The van der Waals surface area contributed by atoms with Gasteiger partial charge in [0.25, 0.3) is 0 Å². The summed E-state index contributed by atoms with van der Waals surface area (Å²) in [6.07, 6.45) is 2.67. The molecule has 0 unspecified atom stereocenters. The summed E-state index contributed by atoms with van der Waals surface area (Å²) >= 11 is 8.81. The van der Waals surface area contributed by atoms with Crippen molar-refractivity contribution in [2.24, 2.45) is 0 Å². The number of rotatable bonds is 2. The molecular weight excluding hydrogens is 312 g/mol. The molecule has 0 radical (unpaired) electrons. The summed E-state index contributed by atoms with van der Waals surface area (Å²) in [7, 11) is 0. The second-order valence-corrected chi connectivity index (χ2v) is 4.34. The smallest absolute Gasteiger partial charge is 0.245 e. The van der Waals surface area contributed by atoms with Crippen LogP contribution in [0.4, 0.5) is 10.1 Å². The molecule has 0 saturated carbocycles. The van der Waals surface area contributed by atoms with E-state index in [-0.39, 0.29) is 22.3 Å². The van der Waals surface area contributed by atoms with Crippen molar-refractivity contribution in [1.82, 2.24) is 9.97 Å². The summed E-state index contributed by atoms with van der Waals surface area (Å²) in [5.41, 5.74) is 5.86. The number of nitrogens with zero attached hydrogens (tertiary/aromatic N) is 2. The van der Waals surface area contributed by atoms with Gasteiger partial charge >= 0.3 is 0 Å². The van der Waals surface area contributed by atoms with E-state index in [9.17, 15) is 4.39 Å². The highest BCUT2D eigenvalue weighted by Gasteiger charge is 2.11. The van der Waals surface area contributed by atoms with Gasteiger partial charge in [-0.25, -0.2) is 9.37 Å². The number of halogens is 3. The van der Waals surface area contributed by atoms with E-state index in [4.69, 9.17) is 22.1 Å². The van der Waals surface area contributed by atoms with Crippen molar-refractivity contribution < 1.29 is 9.13 Å². The number of ether oxygens (including phenoxy) is 1. The Hall–Kier alpha value is -1.40. The molecule has 17 heavy (non-hydrogen) atoms. The Bertz CT molecular complexity index is 567. The van der Waals surface area contributed by atoms with Crippen LogP contribution in [0, 0.1) is 5.82 Å². The van der Waals surface area contributed by atoms with Crippen molar-refractivity contribution in [3.63, 3.8) is 0 Å². The first-order valence-electron chi connectivity index (χ1n) is 4.46. The van der Waals surface area contributed by atoms with Crippen LogP contribution in [0.3, 0.4) is 0 Å². The molecule has 0 fully saturated rings. The molecule has 0 aliphatic rings. The molecule has 1 heterocycles. The van der Waals surface area contributed by atoms with E-state index in [1.807, 2.05) is 0 Å². The standard InChI is InChI=1S/C10H6BrClFN3O/c11-5-1-6(12)7(13)2-9(5)17-10-8(14)3-15-4-16-10/h1-4H,14H2. The fraction of sp³-hybridized carbons (Fsp3) is 0. The third kappa shape index (κ3) is 2.65. The number of aromatic nitrogens is 2. The summed E-state index contributed by atoms with van der Waals surface area (Å²) in [5.74, 6) is -0.197. The lowest BCUT2D eigenvalue weighted by Crippen LogP contribution is -1.96. The lowest BCUT2D eigenvalue weighted by molar-refractivity contribution is 0.456. The van der Waals surface area contributed by atoms with Gasteiger partial charge in [-0.15, -0.1) is 0 Å². The van der Waals surface area contributed by atoms with Crippen LogP contribution in [0.5, 0.6) is 11.6 Å². The van der Waals surface area contributed by atoms with Gasteiger partial charge < -0.3 is 10.5 Å². The molecule has 0 amide bonds. The highest BCUT2D eigenvalue weighted by Crippen LogP contribution is 2.34. The Balaban J connectivity index is 2.37. The van der Waals surface area contributed by atoms with Gasteiger partial charge in [-0.05, 0) is 22.0 Å². The number of hydrogen-bond donors (Lipinski definition) is 1. The Labute approximate surface area is 110 Å². The average molecular weight is 319 g/mol. The molecule has 0 aliphatic carbocycles. The number of hydrogen-bond acceptors (Lipinski definition) is 4. The van der Waals surface area contributed by atoms with Gasteiger partial charge in [-0.2, -0.15) is 4.98 Å². The van der Waals surface area contributed by atoms with Crippen LogP contribution in [0.2, 0.25) is 5.02 Å². The first-order chi connectivity index (χ1) is 8.08. The number of nitrogens with two attached hydrogens (primary N) is 1. The van der Waals surface area contributed by atoms with Crippen LogP contribution in [0.1, 0.15) is 0 Å². The molecule has 4 nitrogen and oxygen atoms in total. The minimum absolute atomic E-state index is 0.000107. The molecule has 2 rings (SSSR count). The molecule has 0 bridgehead atoms. The molecule has 88 valence electrons. The van der Waals surface area contributed by atoms with E-state index < -0.39 is 5.82 Å². The third-order valence-electron chi connectivity index (χ3n) is 1.88. The molecule has 7 heteroatoms. The summed E-state index contributed by atoms with van der Waals surface area (Å²) < 4.78 is 19.1. The molecule has 2 aromatic rings. The zero-order chi connectivity index (χ0) is 12.4. The second-order valence-electron chi connectivity index (χ2n) is 3.08. The normalized spacial score (nSPS) is 10.3. The summed E-state index contributed by atoms with van der Waals surface area (Å²) in [6, 6.07) is 2.54. The van der Waals surface area contributed by atoms with Crippen molar-refractivity contribution in [2.45, 2.75) is 0 Å². The van der Waals surface area contributed by atoms with Crippen molar-refractivity contribution in [3.05, 3.63) is 40.0 Å². The van der Waals surface area contributed by atoms with Gasteiger partial charge in [-0.3, -0.25) is 0 Å². The average Bonchev–Trinajstić information content (AvgIpc) is 2.29. The molecule has 0 atom stereocenters. The van der Waals surface area contributed by atoms with Gasteiger partial charge in [-0.1, -0.05) is 11.6 Å². The third-order valence-corrected chi connectivity index (χ3v) is 2.79. The quantitative estimate of drug-likeness (QED) is 0.862. The molecule has 0 aliphatic heterocycles. The zero-order valence-corrected chi connectivity index (χ0v) is 10.7. The maximum atomic E-state index is 13.3. The van der Waals surface area contributed by atoms with Crippen LogP contribution in [0.15, 0.2) is 29.1 Å². The van der Waals surface area contributed by atoms with Gasteiger partial charge in [0.15, 0.2) is 0 Å². The fourth-order valence-electron chi connectivity index (χ4n) is 1.10. The van der Waals surface area contributed by atoms with Crippen LogP contribution in [-0.4, -0.2) is 9.97 Å². The first kappa shape index (κ1) is 12.1. The predicted octanol–water partition coefficient (Wildman–Crippen LogP) is 3.41. The van der Waals surface area contributed by atoms with Gasteiger partial charge in [0.2, 0.25) is 5.88 Å². The maximum Gasteiger partial charge on any atom is 0.245 e. The highest BCUT2D eigenvalue weighted by atomic mass is 79.9. The van der Waals surface area contributed by atoms with E-state index in [2.05, 4.69) is 25.9 Å². The molecule has 1 aromatic carbocycles. The largest absolute Gasteiger partial charge is 0.436 e. The van der Waals surface area contributed by atoms with Gasteiger partial charge in [0.05, 0.1) is 15.7 Å². The van der Waals surface area contributed by atoms with Crippen molar-refractivity contribution in [1.29, 1.82) is 0 Å². The van der Waals surface area contributed by atoms with E-state index in [0.717, 1.165) is 6.07 Å². The molecule has 1 aromatic heterocycles. The Morgan fingerprint density at radius 2 is 2.18 bits per heavy atom. The van der Waals surface area contributed by atoms with E-state index in [1.54, 1.807) is 0 Å². The summed E-state index contributed by atoms with van der Waals surface area (Å²) in [6.45, 7) is 0. The topological polar surface area (TPSA) is 61.0 Å². The monoisotopic (exact) mass is 317 g/mol. The molecular formula is C10H6BrClFN3O. The lowest BCUT2D eigenvalue weighted by atomic mass is 10.3. The minimum Gasteiger partial charge on any atom is -0.436 e. The van der Waals surface area contributed by atoms with E-state index in [1.165, 1.54) is 18.6 Å². The number of benzene rings is 1. The SMILES string of the molecule is Nc1cncnc1Oc1cc(F)c(Cl)cc1Br. The molecule has 0 spiro atoms. The van der Waals surface area contributed by atoms with Crippen LogP contribution in [0.25, 0.3) is 0 Å². The van der Waals surface area contributed by atoms with Crippen LogP contribution >= 0.6 is 27.5 Å². The minimum atomic E-state index is -0.586. The van der Waals surface area contributed by atoms with Crippen molar-refractivity contribution in [2.75, 3.05) is 5.73 Å². The second kappa shape index (κ2) is 4.85. The Kier molecular flexibility index (Phi) is 3.44. The summed E-state index contributed by atoms with van der Waals surface area (Å²) in [4.78, 5) is 7.55. The molecule has 0 saturated heterocycles. The van der Waals surface area contributed by atoms with Crippen LogP contribution < -0.4 is 10.5 Å². The van der Waals surface area contributed by atoms with Crippen molar-refractivity contribution in [3.8, 4) is 11.6 Å². The van der Waals surface area contributed by atoms with E-state index in [0.29, 0.717) is 4.47 Å². The van der Waals surface area contributed by atoms with Gasteiger partial charge in [0.1, 0.15) is 23.6 Å². The van der Waals surface area contributed by atoms with E-state index >= 15 is 0 Å². The van der Waals surface area contributed by atoms with Crippen LogP contribution in [-0.2, 0) is 0 Å². The predicted molar refractivity (Wildman–Crippen MR) is 65.6 cm³/mol. The highest BCUT2D eigenvalue weighted by molar-refractivity contribution is 9.10. The Morgan fingerprint density at radius 3 is 2.88 bits per heavy atom. The zero-order valence-electron chi connectivity index (χ0n) is 8.32. The number of anilines is 1. The van der Waals surface area contributed by atoms with Crippen molar-refractivity contribution >= 4 is 33.2 Å². The Morgan fingerprint density at radius 1 is 1.41 bits per heavy atom. The fourth-order valence-corrected chi connectivity index (χ4v) is 1.82. The lowest BCUT2D eigenvalue weighted by Gasteiger charge is -2.08. The summed E-state index contributed by atoms with van der Waals surface area (Å²) in [5, 5.41) is -0.000107. The van der Waals surface area contributed by atoms with Gasteiger partial charge in [0, 0.05) is 6.07 Å². The number of nitrogen functional groups attached to an aromatic ring is 1. The molecule has 2 N–H and O–H groups in total. The first-order valence-corrected chi connectivity index (χ1v) is 5.63.